The van der Waals surface area contributed by atoms with Crippen molar-refractivity contribution in [1.29, 1.82) is 0 Å². The lowest BCUT2D eigenvalue weighted by Gasteiger charge is -2.23. The maximum Gasteiger partial charge on any atom is 0.326 e. The SMILES string of the molecule is Cc1ccc(NC(=O)N(CCCN)c2ccc(Oc3ccccc3)cc2)cc1. The molecule has 0 spiro atoms. The van der Waals surface area contributed by atoms with Crippen molar-refractivity contribution in [2.24, 2.45) is 5.73 Å². The molecule has 0 radical (unpaired) electrons. The Kier molecular flexibility index (Phi) is 6.65. The minimum Gasteiger partial charge on any atom is -0.457 e. The number of urea groups is 1. The van der Waals surface area contributed by atoms with Crippen molar-refractivity contribution in [3.63, 3.8) is 0 Å². The molecule has 3 aromatic carbocycles. The molecule has 144 valence electrons. The standard InChI is InChI=1S/C23H25N3O2/c1-18-8-10-19(11-9-18)25-23(27)26(17-5-16-24)20-12-14-22(15-13-20)28-21-6-3-2-4-7-21/h2-4,6-15H,5,16-17,24H2,1H3,(H,25,27). The van der Waals surface area contributed by atoms with E-state index in [4.69, 9.17) is 10.5 Å². The molecule has 0 aromatic heterocycles. The molecule has 3 N–H and O–H groups in total. The average Bonchev–Trinajstić information content (AvgIpc) is 2.72. The number of hydrogen-bond donors (Lipinski definition) is 2. The first-order valence-corrected chi connectivity index (χ1v) is 9.34. The Morgan fingerprint density at radius 1 is 0.929 bits per heavy atom. The van der Waals surface area contributed by atoms with Crippen molar-refractivity contribution in [1.82, 2.24) is 0 Å². The van der Waals surface area contributed by atoms with Gasteiger partial charge >= 0.3 is 6.03 Å². The summed E-state index contributed by atoms with van der Waals surface area (Å²) in [7, 11) is 0. The van der Waals surface area contributed by atoms with Crippen LogP contribution in [0.15, 0.2) is 78.9 Å². The van der Waals surface area contributed by atoms with Gasteiger partial charge in [0.2, 0.25) is 0 Å². The highest BCUT2D eigenvalue weighted by Crippen LogP contribution is 2.25. The lowest BCUT2D eigenvalue weighted by molar-refractivity contribution is 0.257. The van der Waals surface area contributed by atoms with Gasteiger partial charge in [-0.1, -0.05) is 35.9 Å². The van der Waals surface area contributed by atoms with E-state index in [1.54, 1.807) is 4.90 Å². The fourth-order valence-corrected chi connectivity index (χ4v) is 2.74. The molecule has 5 nitrogen and oxygen atoms in total. The number of carbonyl (C=O) groups excluding carboxylic acids is 1. The molecule has 0 atom stereocenters. The summed E-state index contributed by atoms with van der Waals surface area (Å²) >= 11 is 0. The number of amides is 2. The van der Waals surface area contributed by atoms with Gasteiger partial charge in [-0.15, -0.1) is 0 Å². The number of benzene rings is 3. The molecule has 2 amide bonds. The molecule has 28 heavy (non-hydrogen) atoms. The molecule has 0 aliphatic rings. The van der Waals surface area contributed by atoms with Crippen LogP contribution in [0.2, 0.25) is 0 Å². The lowest BCUT2D eigenvalue weighted by atomic mass is 10.2. The molecular formula is C23H25N3O2. The van der Waals surface area contributed by atoms with Crippen LogP contribution in [0, 0.1) is 6.92 Å². The largest absolute Gasteiger partial charge is 0.457 e. The molecule has 0 aliphatic carbocycles. The van der Waals surface area contributed by atoms with Gasteiger partial charge in [-0.2, -0.15) is 0 Å². The molecule has 0 saturated heterocycles. The predicted octanol–water partition coefficient (Wildman–Crippen LogP) is 5.17. The van der Waals surface area contributed by atoms with Gasteiger partial charge in [0.1, 0.15) is 11.5 Å². The van der Waals surface area contributed by atoms with Gasteiger partial charge in [-0.3, -0.25) is 4.90 Å². The third-order valence-corrected chi connectivity index (χ3v) is 4.26. The highest BCUT2D eigenvalue weighted by atomic mass is 16.5. The molecule has 0 unspecified atom stereocenters. The number of hydrogen-bond acceptors (Lipinski definition) is 3. The minimum atomic E-state index is -0.186. The summed E-state index contributed by atoms with van der Waals surface area (Å²) in [4.78, 5) is 14.5. The highest BCUT2D eigenvalue weighted by Gasteiger charge is 2.15. The summed E-state index contributed by atoms with van der Waals surface area (Å²) in [5, 5.41) is 2.95. The van der Waals surface area contributed by atoms with E-state index in [2.05, 4.69) is 5.32 Å². The number of nitrogens with zero attached hydrogens (tertiary/aromatic N) is 1. The Balaban J connectivity index is 1.72. The zero-order valence-electron chi connectivity index (χ0n) is 16.0. The van der Waals surface area contributed by atoms with Gasteiger partial charge in [0.25, 0.3) is 0 Å². The molecule has 3 aromatic rings. The number of nitrogens with one attached hydrogen (secondary N) is 1. The Bertz CT molecular complexity index is 878. The number of ether oxygens (including phenoxy) is 1. The van der Waals surface area contributed by atoms with Crippen LogP contribution in [0.3, 0.4) is 0 Å². The number of rotatable bonds is 7. The summed E-state index contributed by atoms with van der Waals surface area (Å²) in [6.45, 7) is 3.06. The number of aryl methyl sites for hydroxylation is 1. The molecule has 0 saturated carbocycles. The Hall–Kier alpha value is -3.31. The number of para-hydroxylation sites is 1. The maximum absolute atomic E-state index is 12.8. The normalized spacial score (nSPS) is 10.4. The summed E-state index contributed by atoms with van der Waals surface area (Å²) in [6.07, 6.45) is 0.712. The predicted molar refractivity (Wildman–Crippen MR) is 114 cm³/mol. The lowest BCUT2D eigenvalue weighted by Crippen LogP contribution is -2.36. The summed E-state index contributed by atoms with van der Waals surface area (Å²) < 4.78 is 5.82. The highest BCUT2D eigenvalue weighted by molar-refractivity contribution is 6.01. The molecule has 3 rings (SSSR count). The zero-order chi connectivity index (χ0) is 19.8. The van der Waals surface area contributed by atoms with E-state index in [1.165, 1.54) is 0 Å². The molecule has 0 bridgehead atoms. The molecule has 0 aliphatic heterocycles. The van der Waals surface area contributed by atoms with Gasteiger partial charge in [-0.25, -0.2) is 4.79 Å². The molecule has 5 heteroatoms. The number of carbonyl (C=O) groups is 1. The van der Waals surface area contributed by atoms with Gasteiger partial charge in [0.15, 0.2) is 0 Å². The Labute approximate surface area is 165 Å². The first kappa shape index (κ1) is 19.5. The first-order valence-electron chi connectivity index (χ1n) is 9.34. The van der Waals surface area contributed by atoms with Gasteiger partial charge in [0, 0.05) is 17.9 Å². The third-order valence-electron chi connectivity index (χ3n) is 4.26. The van der Waals surface area contributed by atoms with Gasteiger partial charge in [-0.05, 0) is 68.4 Å². The van der Waals surface area contributed by atoms with Crippen LogP contribution in [-0.2, 0) is 0 Å². The van der Waals surface area contributed by atoms with Crippen LogP contribution < -0.4 is 20.7 Å². The van der Waals surface area contributed by atoms with Crippen LogP contribution in [0.25, 0.3) is 0 Å². The van der Waals surface area contributed by atoms with Gasteiger partial charge in [0.05, 0.1) is 0 Å². The van der Waals surface area contributed by atoms with Crippen molar-refractivity contribution < 1.29 is 9.53 Å². The fourth-order valence-electron chi connectivity index (χ4n) is 2.74. The quantitative estimate of drug-likeness (QED) is 0.598. The minimum absolute atomic E-state index is 0.186. The topological polar surface area (TPSA) is 67.6 Å². The second-order valence-electron chi connectivity index (χ2n) is 6.50. The Morgan fingerprint density at radius 2 is 1.57 bits per heavy atom. The summed E-state index contributed by atoms with van der Waals surface area (Å²) in [6, 6.07) is 24.6. The molecule has 0 heterocycles. The smallest absolute Gasteiger partial charge is 0.326 e. The fraction of sp³-hybridized carbons (Fsp3) is 0.174. The van der Waals surface area contributed by atoms with Crippen LogP contribution in [-0.4, -0.2) is 19.1 Å². The van der Waals surface area contributed by atoms with Crippen molar-refractivity contribution in [2.75, 3.05) is 23.3 Å². The van der Waals surface area contributed by atoms with E-state index in [-0.39, 0.29) is 6.03 Å². The first-order chi connectivity index (χ1) is 13.7. The average molecular weight is 375 g/mol. The summed E-state index contributed by atoms with van der Waals surface area (Å²) in [5.41, 5.74) is 8.35. The van der Waals surface area contributed by atoms with E-state index in [1.807, 2.05) is 85.8 Å². The van der Waals surface area contributed by atoms with Crippen LogP contribution in [0.1, 0.15) is 12.0 Å². The molecular weight excluding hydrogens is 350 g/mol. The van der Waals surface area contributed by atoms with Crippen LogP contribution in [0.5, 0.6) is 11.5 Å². The monoisotopic (exact) mass is 375 g/mol. The Morgan fingerprint density at radius 3 is 2.21 bits per heavy atom. The second kappa shape index (κ2) is 9.58. The van der Waals surface area contributed by atoms with E-state index >= 15 is 0 Å². The van der Waals surface area contributed by atoms with E-state index in [0.717, 1.165) is 22.7 Å². The van der Waals surface area contributed by atoms with Crippen molar-refractivity contribution >= 4 is 17.4 Å². The van der Waals surface area contributed by atoms with E-state index in [9.17, 15) is 4.79 Å². The number of anilines is 2. The third kappa shape index (κ3) is 5.34. The van der Waals surface area contributed by atoms with E-state index < -0.39 is 0 Å². The maximum atomic E-state index is 12.8. The van der Waals surface area contributed by atoms with Gasteiger partial charge < -0.3 is 15.8 Å². The van der Waals surface area contributed by atoms with Crippen LogP contribution >= 0.6 is 0 Å². The van der Waals surface area contributed by atoms with Crippen LogP contribution in [0.4, 0.5) is 16.2 Å². The van der Waals surface area contributed by atoms with E-state index in [0.29, 0.717) is 25.3 Å². The second-order valence-corrected chi connectivity index (χ2v) is 6.50. The number of nitrogens with two attached hydrogens (primary N) is 1. The van der Waals surface area contributed by atoms with Crippen molar-refractivity contribution in [2.45, 2.75) is 13.3 Å². The van der Waals surface area contributed by atoms with Crippen molar-refractivity contribution in [3.8, 4) is 11.5 Å². The van der Waals surface area contributed by atoms with Crippen molar-refractivity contribution in [3.05, 3.63) is 84.4 Å². The zero-order valence-corrected chi connectivity index (χ0v) is 16.0. The molecule has 0 fully saturated rings. The summed E-state index contributed by atoms with van der Waals surface area (Å²) in [5.74, 6) is 1.49.